The van der Waals surface area contributed by atoms with Crippen molar-refractivity contribution >= 4 is 0 Å². The van der Waals surface area contributed by atoms with Crippen molar-refractivity contribution in [1.29, 1.82) is 0 Å². The number of hydrogen-bond donors (Lipinski definition) is 2. The second-order valence-corrected chi connectivity index (χ2v) is 5.20. The van der Waals surface area contributed by atoms with Crippen LogP contribution in [-0.4, -0.2) is 22.5 Å². The van der Waals surface area contributed by atoms with E-state index in [-0.39, 0.29) is 11.6 Å². The molecule has 1 aromatic heterocycles. The molecule has 0 aliphatic heterocycles. The molecule has 1 unspecified atom stereocenters. The van der Waals surface area contributed by atoms with E-state index in [4.69, 9.17) is 10.6 Å². The summed E-state index contributed by atoms with van der Waals surface area (Å²) in [7, 11) is 3.71. The zero-order chi connectivity index (χ0) is 13.0. The minimum absolute atomic E-state index is 0.0400. The lowest BCUT2D eigenvalue weighted by molar-refractivity contribution is -0.0552. The van der Waals surface area contributed by atoms with Gasteiger partial charge in [0.15, 0.2) is 0 Å². The predicted octanol–water partition coefficient (Wildman–Crippen LogP) is 1.66. The molecule has 5 nitrogen and oxygen atoms in total. The van der Waals surface area contributed by atoms with Gasteiger partial charge in [-0.05, 0) is 18.9 Å². The SMILES string of the molecule is COC1(C(NN)c2ccn(C)n2)CCCCCC1. The molecule has 1 aliphatic carbocycles. The first-order valence-corrected chi connectivity index (χ1v) is 6.73. The van der Waals surface area contributed by atoms with E-state index in [0.717, 1.165) is 18.5 Å². The Kier molecular flexibility index (Phi) is 4.37. The molecule has 0 amide bonds. The Hall–Kier alpha value is -0.910. The summed E-state index contributed by atoms with van der Waals surface area (Å²) in [6, 6.07) is 1.97. The highest BCUT2D eigenvalue weighted by Crippen LogP contribution is 2.39. The van der Waals surface area contributed by atoms with Gasteiger partial charge in [0.05, 0.1) is 17.3 Å². The minimum atomic E-state index is -0.223. The number of methoxy groups -OCH3 is 1. The number of hydrazine groups is 1. The van der Waals surface area contributed by atoms with E-state index in [1.165, 1.54) is 25.7 Å². The summed E-state index contributed by atoms with van der Waals surface area (Å²) in [6.45, 7) is 0. The zero-order valence-corrected chi connectivity index (χ0v) is 11.4. The summed E-state index contributed by atoms with van der Waals surface area (Å²) in [5, 5.41) is 4.47. The van der Waals surface area contributed by atoms with Crippen molar-refractivity contribution in [3.8, 4) is 0 Å². The molecule has 5 heteroatoms. The second kappa shape index (κ2) is 5.82. The number of ether oxygens (including phenoxy) is 1. The second-order valence-electron chi connectivity index (χ2n) is 5.20. The predicted molar refractivity (Wildman–Crippen MR) is 70.7 cm³/mol. The van der Waals surface area contributed by atoms with Crippen LogP contribution in [0.15, 0.2) is 12.3 Å². The lowest BCUT2D eigenvalue weighted by Gasteiger charge is -2.38. The molecule has 1 heterocycles. The van der Waals surface area contributed by atoms with Gasteiger partial charge in [-0.1, -0.05) is 25.7 Å². The highest BCUT2D eigenvalue weighted by molar-refractivity contribution is 5.12. The van der Waals surface area contributed by atoms with Gasteiger partial charge >= 0.3 is 0 Å². The Balaban J connectivity index is 2.27. The summed E-state index contributed by atoms with van der Waals surface area (Å²) in [5.41, 5.74) is 3.66. The largest absolute Gasteiger partial charge is 0.376 e. The molecule has 0 bridgehead atoms. The van der Waals surface area contributed by atoms with Crippen molar-refractivity contribution in [3.05, 3.63) is 18.0 Å². The summed E-state index contributed by atoms with van der Waals surface area (Å²) in [4.78, 5) is 0. The third-order valence-electron chi connectivity index (χ3n) is 4.08. The van der Waals surface area contributed by atoms with Crippen LogP contribution in [0, 0.1) is 0 Å². The third kappa shape index (κ3) is 2.58. The lowest BCUT2D eigenvalue weighted by atomic mass is 9.84. The van der Waals surface area contributed by atoms with E-state index in [1.54, 1.807) is 11.8 Å². The fraction of sp³-hybridized carbons (Fsp3) is 0.769. The molecule has 1 saturated carbocycles. The Morgan fingerprint density at radius 2 is 2.06 bits per heavy atom. The molecule has 3 N–H and O–H groups in total. The Morgan fingerprint density at radius 3 is 2.50 bits per heavy atom. The van der Waals surface area contributed by atoms with E-state index in [2.05, 4.69) is 10.5 Å². The van der Waals surface area contributed by atoms with Crippen molar-refractivity contribution in [2.24, 2.45) is 12.9 Å². The van der Waals surface area contributed by atoms with Crippen molar-refractivity contribution in [2.75, 3.05) is 7.11 Å². The summed E-state index contributed by atoms with van der Waals surface area (Å²) in [5.74, 6) is 5.78. The number of nitrogens with one attached hydrogen (secondary N) is 1. The molecule has 1 aliphatic rings. The van der Waals surface area contributed by atoms with Crippen molar-refractivity contribution in [3.63, 3.8) is 0 Å². The molecule has 0 spiro atoms. The highest BCUT2D eigenvalue weighted by atomic mass is 16.5. The molecule has 1 fully saturated rings. The zero-order valence-electron chi connectivity index (χ0n) is 11.4. The summed E-state index contributed by atoms with van der Waals surface area (Å²) < 4.78 is 7.69. The molecule has 1 atom stereocenters. The monoisotopic (exact) mass is 252 g/mol. The first kappa shape index (κ1) is 13.5. The van der Waals surface area contributed by atoms with Crippen LogP contribution >= 0.6 is 0 Å². The van der Waals surface area contributed by atoms with Crippen molar-refractivity contribution in [1.82, 2.24) is 15.2 Å². The number of nitrogens with zero attached hydrogens (tertiary/aromatic N) is 2. The highest BCUT2D eigenvalue weighted by Gasteiger charge is 2.40. The number of hydrogen-bond acceptors (Lipinski definition) is 4. The smallest absolute Gasteiger partial charge is 0.0939 e. The van der Waals surface area contributed by atoms with Crippen molar-refractivity contribution < 1.29 is 4.74 Å². The van der Waals surface area contributed by atoms with Crippen LogP contribution < -0.4 is 11.3 Å². The summed E-state index contributed by atoms with van der Waals surface area (Å²) in [6.07, 6.45) is 8.97. The van der Waals surface area contributed by atoms with Gasteiger partial charge in [0.2, 0.25) is 0 Å². The molecule has 2 rings (SSSR count). The standard InChI is InChI=1S/C13H24N4O/c1-17-10-7-11(16-17)12(15-14)13(18-2)8-5-3-4-6-9-13/h7,10,12,15H,3-6,8-9,14H2,1-2H3. The molecule has 0 saturated heterocycles. The fourth-order valence-electron chi connectivity index (χ4n) is 3.03. The minimum Gasteiger partial charge on any atom is -0.376 e. The van der Waals surface area contributed by atoms with E-state index >= 15 is 0 Å². The fourth-order valence-corrected chi connectivity index (χ4v) is 3.03. The third-order valence-corrected chi connectivity index (χ3v) is 4.08. The maximum atomic E-state index is 5.88. The summed E-state index contributed by atoms with van der Waals surface area (Å²) >= 11 is 0. The van der Waals surface area contributed by atoms with Gasteiger partial charge in [0.25, 0.3) is 0 Å². The van der Waals surface area contributed by atoms with E-state index in [0.29, 0.717) is 0 Å². The quantitative estimate of drug-likeness (QED) is 0.486. The Labute approximate surface area is 109 Å². The number of aromatic nitrogens is 2. The maximum absolute atomic E-state index is 5.88. The average molecular weight is 252 g/mol. The van der Waals surface area contributed by atoms with Gasteiger partial charge < -0.3 is 4.74 Å². The van der Waals surface area contributed by atoms with Gasteiger partial charge in [-0.2, -0.15) is 5.10 Å². The van der Waals surface area contributed by atoms with Crippen LogP contribution in [0.3, 0.4) is 0 Å². The van der Waals surface area contributed by atoms with Gasteiger partial charge in [0.1, 0.15) is 0 Å². The molecule has 18 heavy (non-hydrogen) atoms. The van der Waals surface area contributed by atoms with Gasteiger partial charge in [0, 0.05) is 20.4 Å². The molecular weight excluding hydrogens is 228 g/mol. The Morgan fingerprint density at radius 1 is 1.39 bits per heavy atom. The van der Waals surface area contributed by atoms with E-state index in [1.807, 2.05) is 19.3 Å². The van der Waals surface area contributed by atoms with Gasteiger partial charge in [-0.3, -0.25) is 10.5 Å². The average Bonchev–Trinajstić information content (AvgIpc) is 2.66. The topological polar surface area (TPSA) is 65.1 Å². The van der Waals surface area contributed by atoms with Gasteiger partial charge in [-0.15, -0.1) is 0 Å². The number of aryl methyl sites for hydroxylation is 1. The van der Waals surface area contributed by atoms with Crippen LogP contribution in [0.1, 0.15) is 50.3 Å². The number of rotatable bonds is 4. The van der Waals surface area contributed by atoms with Crippen LogP contribution in [0.25, 0.3) is 0 Å². The molecule has 102 valence electrons. The first-order valence-electron chi connectivity index (χ1n) is 6.73. The molecule has 1 aromatic rings. The molecular formula is C13H24N4O. The number of nitrogens with two attached hydrogens (primary N) is 1. The van der Waals surface area contributed by atoms with Crippen LogP contribution in [0.4, 0.5) is 0 Å². The van der Waals surface area contributed by atoms with E-state index < -0.39 is 0 Å². The van der Waals surface area contributed by atoms with Crippen LogP contribution in [-0.2, 0) is 11.8 Å². The first-order chi connectivity index (χ1) is 8.72. The lowest BCUT2D eigenvalue weighted by Crippen LogP contribution is -2.48. The van der Waals surface area contributed by atoms with Crippen molar-refractivity contribution in [2.45, 2.75) is 50.2 Å². The normalized spacial score (nSPS) is 21.5. The van der Waals surface area contributed by atoms with E-state index in [9.17, 15) is 0 Å². The Bertz CT molecular complexity index is 369. The van der Waals surface area contributed by atoms with Crippen LogP contribution in [0.5, 0.6) is 0 Å². The van der Waals surface area contributed by atoms with Crippen LogP contribution in [0.2, 0.25) is 0 Å². The molecule has 0 aromatic carbocycles. The molecule has 0 radical (unpaired) electrons. The van der Waals surface area contributed by atoms with Gasteiger partial charge in [-0.25, -0.2) is 5.43 Å². The maximum Gasteiger partial charge on any atom is 0.0939 e.